The Morgan fingerprint density at radius 3 is 3.17 bits per heavy atom. The zero-order valence-corrected chi connectivity index (χ0v) is 5.97. The van der Waals surface area contributed by atoms with Crippen LogP contribution in [0.15, 0.2) is 18.5 Å². The number of aromatic nitrogens is 3. The van der Waals surface area contributed by atoms with Crippen LogP contribution < -0.4 is 0 Å². The van der Waals surface area contributed by atoms with E-state index in [-0.39, 0.29) is 5.88 Å². The molecule has 12 heavy (non-hydrogen) atoms. The largest absolute Gasteiger partial charge is 0.492 e. The Bertz CT molecular complexity index is 468. The minimum absolute atomic E-state index is 0.134. The second-order valence-corrected chi connectivity index (χ2v) is 2.21. The zero-order chi connectivity index (χ0) is 8.55. The molecule has 2 aromatic heterocycles. The van der Waals surface area contributed by atoms with Crippen molar-refractivity contribution < 1.29 is 5.11 Å². The smallest absolute Gasteiger partial charge is 0.238 e. The standard InChI is InChI=1S/C7H4N4O/c8-3-5-1-2-9-7-10-6(12)4-11(5)7/h1-2,4,12H. The van der Waals surface area contributed by atoms with Gasteiger partial charge in [-0.15, -0.1) is 0 Å². The van der Waals surface area contributed by atoms with Crippen molar-refractivity contribution in [2.75, 3.05) is 0 Å². The highest BCUT2D eigenvalue weighted by Crippen LogP contribution is 2.09. The summed E-state index contributed by atoms with van der Waals surface area (Å²) in [4.78, 5) is 7.53. The fourth-order valence-corrected chi connectivity index (χ4v) is 0.973. The van der Waals surface area contributed by atoms with Crippen molar-refractivity contribution in [1.29, 1.82) is 5.26 Å². The zero-order valence-electron chi connectivity index (χ0n) is 5.97. The number of hydrogen-bond acceptors (Lipinski definition) is 4. The van der Waals surface area contributed by atoms with Crippen molar-refractivity contribution in [3.8, 4) is 11.9 Å². The van der Waals surface area contributed by atoms with Crippen LogP contribution >= 0.6 is 0 Å². The van der Waals surface area contributed by atoms with Crippen LogP contribution in [0.25, 0.3) is 5.78 Å². The van der Waals surface area contributed by atoms with Crippen LogP contribution in [0.3, 0.4) is 0 Å². The van der Waals surface area contributed by atoms with Crippen molar-refractivity contribution in [2.45, 2.75) is 0 Å². The fourth-order valence-electron chi connectivity index (χ4n) is 0.973. The van der Waals surface area contributed by atoms with E-state index in [9.17, 15) is 0 Å². The summed E-state index contributed by atoms with van der Waals surface area (Å²) in [6, 6.07) is 3.50. The van der Waals surface area contributed by atoms with E-state index in [1.165, 1.54) is 16.8 Å². The molecule has 0 amide bonds. The first-order valence-electron chi connectivity index (χ1n) is 3.24. The van der Waals surface area contributed by atoms with E-state index in [2.05, 4.69) is 9.97 Å². The summed E-state index contributed by atoms with van der Waals surface area (Å²) < 4.78 is 1.43. The van der Waals surface area contributed by atoms with Gasteiger partial charge in [0.25, 0.3) is 0 Å². The average molecular weight is 160 g/mol. The van der Waals surface area contributed by atoms with Crippen molar-refractivity contribution >= 4 is 5.78 Å². The fraction of sp³-hybridized carbons (Fsp3) is 0. The third kappa shape index (κ3) is 0.787. The second-order valence-electron chi connectivity index (χ2n) is 2.21. The van der Waals surface area contributed by atoms with Crippen LogP contribution in [-0.4, -0.2) is 19.5 Å². The van der Waals surface area contributed by atoms with Gasteiger partial charge in [0, 0.05) is 6.20 Å². The van der Waals surface area contributed by atoms with Gasteiger partial charge in [-0.1, -0.05) is 0 Å². The van der Waals surface area contributed by atoms with Gasteiger partial charge in [0.1, 0.15) is 11.8 Å². The van der Waals surface area contributed by atoms with Crippen LogP contribution in [0.5, 0.6) is 5.88 Å². The van der Waals surface area contributed by atoms with E-state index < -0.39 is 0 Å². The Balaban J connectivity index is 2.89. The molecule has 0 aliphatic carbocycles. The van der Waals surface area contributed by atoms with E-state index in [4.69, 9.17) is 10.4 Å². The number of aromatic hydroxyl groups is 1. The van der Waals surface area contributed by atoms with E-state index in [1.807, 2.05) is 6.07 Å². The molecule has 0 spiro atoms. The first-order valence-corrected chi connectivity index (χ1v) is 3.24. The summed E-state index contributed by atoms with van der Waals surface area (Å²) in [5.41, 5.74) is 0.396. The molecule has 0 radical (unpaired) electrons. The van der Waals surface area contributed by atoms with Gasteiger partial charge in [0.2, 0.25) is 11.7 Å². The monoisotopic (exact) mass is 160 g/mol. The normalized spacial score (nSPS) is 9.92. The molecule has 0 aliphatic heterocycles. The maximum atomic E-state index is 8.99. The van der Waals surface area contributed by atoms with Gasteiger partial charge >= 0.3 is 0 Å². The number of rotatable bonds is 0. The average Bonchev–Trinajstić information content (AvgIpc) is 2.44. The predicted octanol–water partition coefficient (Wildman–Crippen LogP) is 0.307. The van der Waals surface area contributed by atoms with E-state index in [0.717, 1.165) is 0 Å². The Hall–Kier alpha value is -2.09. The highest BCUT2D eigenvalue weighted by atomic mass is 16.3. The second kappa shape index (κ2) is 2.20. The van der Waals surface area contributed by atoms with Crippen molar-refractivity contribution in [3.05, 3.63) is 24.2 Å². The lowest BCUT2D eigenvalue weighted by Gasteiger charge is -1.91. The van der Waals surface area contributed by atoms with Crippen LogP contribution in [0.4, 0.5) is 0 Å². The third-order valence-electron chi connectivity index (χ3n) is 1.47. The lowest BCUT2D eigenvalue weighted by atomic mass is 10.4. The Labute approximate surface area is 67.5 Å². The summed E-state index contributed by atoms with van der Waals surface area (Å²) in [5.74, 6) is 0.191. The molecule has 0 saturated carbocycles. The van der Waals surface area contributed by atoms with Crippen LogP contribution in [0.1, 0.15) is 5.69 Å². The summed E-state index contributed by atoms with van der Waals surface area (Å²) >= 11 is 0. The lowest BCUT2D eigenvalue weighted by Crippen LogP contribution is -1.91. The molecule has 0 aliphatic rings. The Kier molecular flexibility index (Phi) is 1.21. The van der Waals surface area contributed by atoms with E-state index >= 15 is 0 Å². The summed E-state index contributed by atoms with van der Waals surface area (Å²) in [5, 5.41) is 17.6. The molecular weight excluding hydrogens is 156 g/mol. The molecule has 58 valence electrons. The molecule has 0 aromatic carbocycles. The third-order valence-corrected chi connectivity index (χ3v) is 1.47. The maximum absolute atomic E-state index is 8.99. The molecule has 1 N–H and O–H groups in total. The summed E-state index contributed by atoms with van der Waals surface area (Å²) in [6.45, 7) is 0. The number of imidazole rings is 1. The highest BCUT2D eigenvalue weighted by molar-refractivity contribution is 5.38. The SMILES string of the molecule is N#Cc1ccnc2nc(O)cn12. The van der Waals surface area contributed by atoms with Crippen LogP contribution in [0.2, 0.25) is 0 Å². The molecule has 0 atom stereocenters. The molecule has 5 heteroatoms. The van der Waals surface area contributed by atoms with Crippen molar-refractivity contribution in [1.82, 2.24) is 14.4 Å². The Morgan fingerprint density at radius 1 is 1.58 bits per heavy atom. The van der Waals surface area contributed by atoms with Gasteiger partial charge in [-0.05, 0) is 6.07 Å². The molecule has 5 nitrogen and oxygen atoms in total. The predicted molar refractivity (Wildman–Crippen MR) is 39.4 cm³/mol. The molecule has 0 bridgehead atoms. The van der Waals surface area contributed by atoms with Crippen molar-refractivity contribution in [2.24, 2.45) is 0 Å². The molecule has 2 heterocycles. The van der Waals surface area contributed by atoms with Gasteiger partial charge in [0.05, 0.1) is 6.20 Å². The number of nitrogens with zero attached hydrogens (tertiary/aromatic N) is 4. The first kappa shape index (κ1) is 6.61. The molecule has 0 saturated heterocycles. The van der Waals surface area contributed by atoms with Gasteiger partial charge in [-0.3, -0.25) is 4.40 Å². The van der Waals surface area contributed by atoms with Gasteiger partial charge in [-0.25, -0.2) is 4.98 Å². The maximum Gasteiger partial charge on any atom is 0.238 e. The molecular formula is C7H4N4O. The number of fused-ring (bicyclic) bond motifs is 1. The summed E-state index contributed by atoms with van der Waals surface area (Å²) in [6.07, 6.45) is 2.82. The van der Waals surface area contributed by atoms with Crippen molar-refractivity contribution in [3.63, 3.8) is 0 Å². The van der Waals surface area contributed by atoms with Gasteiger partial charge in [-0.2, -0.15) is 10.2 Å². The molecule has 2 aromatic rings. The number of hydrogen-bond donors (Lipinski definition) is 1. The first-order chi connectivity index (χ1) is 5.81. The topological polar surface area (TPSA) is 74.2 Å². The van der Waals surface area contributed by atoms with Gasteiger partial charge in [0.15, 0.2) is 0 Å². The summed E-state index contributed by atoms with van der Waals surface area (Å²) in [7, 11) is 0. The minimum atomic E-state index is -0.134. The van der Waals surface area contributed by atoms with E-state index in [0.29, 0.717) is 11.5 Å². The lowest BCUT2D eigenvalue weighted by molar-refractivity contribution is 0.457. The van der Waals surface area contributed by atoms with E-state index in [1.54, 1.807) is 6.07 Å². The van der Waals surface area contributed by atoms with Crippen LogP contribution in [0, 0.1) is 11.3 Å². The number of nitriles is 1. The minimum Gasteiger partial charge on any atom is -0.492 e. The van der Waals surface area contributed by atoms with Gasteiger partial charge < -0.3 is 5.11 Å². The molecule has 2 rings (SSSR count). The quantitative estimate of drug-likeness (QED) is 0.601. The van der Waals surface area contributed by atoms with Crippen LogP contribution in [-0.2, 0) is 0 Å². The molecule has 0 fully saturated rings. The molecule has 0 unspecified atom stereocenters. The Morgan fingerprint density at radius 2 is 2.42 bits per heavy atom. The highest BCUT2D eigenvalue weighted by Gasteiger charge is 2.03.